The number of rotatable bonds is 5. The summed E-state index contributed by atoms with van der Waals surface area (Å²) in [5.74, 6) is 0.793. The van der Waals surface area contributed by atoms with Gasteiger partial charge >= 0.3 is 0 Å². The summed E-state index contributed by atoms with van der Waals surface area (Å²) < 4.78 is 6.00. The lowest BCUT2D eigenvalue weighted by atomic mass is 10.1. The molecule has 31 heavy (non-hydrogen) atoms. The number of hydrogen-bond acceptors (Lipinski definition) is 7. The van der Waals surface area contributed by atoms with Crippen molar-refractivity contribution in [3.8, 4) is 16.2 Å². The molecule has 1 aliphatic heterocycles. The normalized spacial score (nSPS) is 14.5. The van der Waals surface area contributed by atoms with Crippen molar-refractivity contribution < 1.29 is 9.53 Å². The summed E-state index contributed by atoms with van der Waals surface area (Å²) in [6.07, 6.45) is 5.75. The summed E-state index contributed by atoms with van der Waals surface area (Å²) in [7, 11) is 0. The Morgan fingerprint density at radius 2 is 1.94 bits per heavy atom. The maximum Gasteiger partial charge on any atom is 0.258 e. The van der Waals surface area contributed by atoms with Gasteiger partial charge in [0, 0.05) is 23.3 Å². The molecule has 1 amide bonds. The third kappa shape index (κ3) is 4.55. The summed E-state index contributed by atoms with van der Waals surface area (Å²) in [5, 5.41) is 7.02. The number of carbonyl (C=O) groups is 1. The lowest BCUT2D eigenvalue weighted by Crippen LogP contribution is -2.34. The van der Waals surface area contributed by atoms with Gasteiger partial charge in [0.2, 0.25) is 5.95 Å². The molecule has 7 nitrogen and oxygen atoms in total. The van der Waals surface area contributed by atoms with Crippen LogP contribution in [0, 0.1) is 0 Å². The molecule has 2 aromatic carbocycles. The molecule has 0 saturated carbocycles. The van der Waals surface area contributed by atoms with Crippen LogP contribution in [0.3, 0.4) is 0 Å². The van der Waals surface area contributed by atoms with Gasteiger partial charge in [-0.15, -0.1) is 11.3 Å². The van der Waals surface area contributed by atoms with Crippen LogP contribution < -0.4 is 15.4 Å². The van der Waals surface area contributed by atoms with Gasteiger partial charge in [-0.05, 0) is 61.8 Å². The van der Waals surface area contributed by atoms with E-state index in [2.05, 4.69) is 25.6 Å². The molecule has 0 aliphatic carbocycles. The number of anilines is 1. The van der Waals surface area contributed by atoms with E-state index in [0.717, 1.165) is 53.0 Å². The van der Waals surface area contributed by atoms with Crippen LogP contribution >= 0.6 is 11.3 Å². The minimum atomic E-state index is -0.258. The SMILES string of the molecule is O=C(Nc1ncc2ccc(-c3cncs3)cc2n1)c1ccc(OC2CCNCC2)cc1. The Bertz CT molecular complexity index is 1190. The average Bonchev–Trinajstić information content (AvgIpc) is 3.35. The van der Waals surface area contributed by atoms with Crippen molar-refractivity contribution in [2.75, 3.05) is 18.4 Å². The molecular weight excluding hydrogens is 410 g/mol. The third-order valence-corrected chi connectivity index (χ3v) is 6.05. The first-order valence-electron chi connectivity index (χ1n) is 10.2. The number of benzene rings is 2. The molecule has 0 atom stereocenters. The number of ether oxygens (including phenoxy) is 1. The highest BCUT2D eigenvalue weighted by atomic mass is 32.1. The molecule has 4 aromatic rings. The average molecular weight is 432 g/mol. The zero-order valence-corrected chi connectivity index (χ0v) is 17.6. The molecular formula is C23H21N5O2S. The minimum absolute atomic E-state index is 0.224. The number of carbonyl (C=O) groups excluding carboxylic acids is 1. The second-order valence-electron chi connectivity index (χ2n) is 7.38. The quantitative estimate of drug-likeness (QED) is 0.494. The van der Waals surface area contributed by atoms with Crippen molar-refractivity contribution in [2.24, 2.45) is 0 Å². The predicted molar refractivity (Wildman–Crippen MR) is 122 cm³/mol. The van der Waals surface area contributed by atoms with Gasteiger partial charge in [0.05, 0.1) is 15.9 Å². The second kappa shape index (κ2) is 8.79. The van der Waals surface area contributed by atoms with Gasteiger partial charge in [0.1, 0.15) is 11.9 Å². The van der Waals surface area contributed by atoms with Crippen LogP contribution in [0.25, 0.3) is 21.3 Å². The molecule has 0 spiro atoms. The first-order valence-corrected chi connectivity index (χ1v) is 11.1. The van der Waals surface area contributed by atoms with E-state index in [4.69, 9.17) is 4.74 Å². The molecule has 8 heteroatoms. The van der Waals surface area contributed by atoms with Gasteiger partial charge < -0.3 is 10.1 Å². The van der Waals surface area contributed by atoms with Crippen molar-refractivity contribution in [3.05, 3.63) is 65.9 Å². The van der Waals surface area contributed by atoms with Gasteiger partial charge in [-0.25, -0.2) is 9.97 Å². The van der Waals surface area contributed by atoms with E-state index in [9.17, 15) is 4.79 Å². The van der Waals surface area contributed by atoms with Crippen molar-refractivity contribution in [1.29, 1.82) is 0 Å². The van der Waals surface area contributed by atoms with Crippen LogP contribution in [0.4, 0.5) is 5.95 Å². The fourth-order valence-corrected chi connectivity index (χ4v) is 4.18. The highest BCUT2D eigenvalue weighted by Crippen LogP contribution is 2.26. The molecule has 1 fully saturated rings. The number of nitrogens with zero attached hydrogens (tertiary/aromatic N) is 3. The number of amides is 1. The predicted octanol–water partition coefficient (Wildman–Crippen LogP) is 4.14. The maximum absolute atomic E-state index is 12.7. The monoisotopic (exact) mass is 431 g/mol. The summed E-state index contributed by atoms with van der Waals surface area (Å²) in [6.45, 7) is 1.95. The lowest BCUT2D eigenvalue weighted by Gasteiger charge is -2.23. The summed E-state index contributed by atoms with van der Waals surface area (Å²) in [4.78, 5) is 26.6. The number of hydrogen-bond donors (Lipinski definition) is 2. The number of aromatic nitrogens is 3. The smallest absolute Gasteiger partial charge is 0.258 e. The minimum Gasteiger partial charge on any atom is -0.490 e. The zero-order valence-electron chi connectivity index (χ0n) is 16.7. The van der Waals surface area contributed by atoms with Gasteiger partial charge in [0.15, 0.2) is 0 Å². The zero-order chi connectivity index (χ0) is 21.0. The topological polar surface area (TPSA) is 89.0 Å². The van der Waals surface area contributed by atoms with Crippen molar-refractivity contribution in [1.82, 2.24) is 20.3 Å². The second-order valence-corrected chi connectivity index (χ2v) is 8.26. The number of nitrogens with one attached hydrogen (secondary N) is 2. The Kier molecular flexibility index (Phi) is 5.56. The fourth-order valence-electron chi connectivity index (χ4n) is 3.56. The molecule has 3 heterocycles. The molecule has 0 unspecified atom stereocenters. The van der Waals surface area contributed by atoms with Gasteiger partial charge in [-0.1, -0.05) is 12.1 Å². The van der Waals surface area contributed by atoms with Gasteiger partial charge in [0.25, 0.3) is 5.91 Å². The maximum atomic E-state index is 12.7. The van der Waals surface area contributed by atoms with Crippen molar-refractivity contribution in [3.63, 3.8) is 0 Å². The van der Waals surface area contributed by atoms with Crippen LogP contribution in [-0.4, -0.2) is 40.1 Å². The summed E-state index contributed by atoms with van der Waals surface area (Å²) in [5.41, 5.74) is 4.13. The molecule has 0 radical (unpaired) electrons. The molecule has 0 bridgehead atoms. The van der Waals surface area contributed by atoms with E-state index in [0.29, 0.717) is 5.56 Å². The first kappa shape index (κ1) is 19.6. The number of piperidine rings is 1. The highest BCUT2D eigenvalue weighted by molar-refractivity contribution is 7.13. The Morgan fingerprint density at radius 3 is 2.71 bits per heavy atom. The van der Waals surface area contributed by atoms with Crippen LogP contribution in [0.1, 0.15) is 23.2 Å². The van der Waals surface area contributed by atoms with E-state index in [1.165, 1.54) is 0 Å². The van der Waals surface area contributed by atoms with Gasteiger partial charge in [-0.2, -0.15) is 0 Å². The van der Waals surface area contributed by atoms with Crippen molar-refractivity contribution >= 4 is 34.1 Å². The van der Waals surface area contributed by atoms with Crippen LogP contribution in [0.2, 0.25) is 0 Å². The van der Waals surface area contributed by atoms with Crippen LogP contribution in [-0.2, 0) is 0 Å². The Morgan fingerprint density at radius 1 is 1.10 bits per heavy atom. The Balaban J connectivity index is 1.29. The van der Waals surface area contributed by atoms with E-state index in [1.807, 2.05) is 36.5 Å². The Labute approximate surface area is 183 Å². The summed E-state index contributed by atoms with van der Waals surface area (Å²) >= 11 is 1.57. The Hall–Kier alpha value is -3.36. The lowest BCUT2D eigenvalue weighted by molar-refractivity contribution is 0.102. The van der Waals surface area contributed by atoms with E-state index in [1.54, 1.807) is 35.2 Å². The van der Waals surface area contributed by atoms with Crippen LogP contribution in [0.15, 0.2) is 60.4 Å². The summed E-state index contributed by atoms with van der Waals surface area (Å²) in [6, 6.07) is 13.2. The largest absolute Gasteiger partial charge is 0.490 e. The fraction of sp³-hybridized carbons (Fsp3) is 0.217. The molecule has 156 valence electrons. The van der Waals surface area contributed by atoms with Gasteiger partial charge in [-0.3, -0.25) is 15.1 Å². The highest BCUT2D eigenvalue weighted by Gasteiger charge is 2.15. The first-order chi connectivity index (χ1) is 15.2. The third-order valence-electron chi connectivity index (χ3n) is 5.23. The van der Waals surface area contributed by atoms with Crippen molar-refractivity contribution in [2.45, 2.75) is 18.9 Å². The van der Waals surface area contributed by atoms with Crippen LogP contribution in [0.5, 0.6) is 5.75 Å². The molecule has 5 rings (SSSR count). The molecule has 1 aliphatic rings. The molecule has 2 aromatic heterocycles. The number of thiazole rings is 1. The molecule has 1 saturated heterocycles. The van der Waals surface area contributed by atoms with E-state index in [-0.39, 0.29) is 18.0 Å². The van der Waals surface area contributed by atoms with E-state index < -0.39 is 0 Å². The number of fused-ring (bicyclic) bond motifs is 1. The molecule has 2 N–H and O–H groups in total. The standard InChI is InChI=1S/C23H21N5O2S/c29-22(15-3-5-18(6-4-15)30-19-7-9-24-10-8-19)28-23-26-12-17-2-1-16(11-20(17)27-23)21-13-25-14-31-21/h1-6,11-14,19,24H,7-10H2,(H,26,27,28,29). The van der Waals surface area contributed by atoms with E-state index >= 15 is 0 Å².